The van der Waals surface area contributed by atoms with E-state index in [4.69, 9.17) is 4.74 Å². The number of urea groups is 1. The monoisotopic (exact) mass is 332 g/mol. The van der Waals surface area contributed by atoms with Crippen LogP contribution < -0.4 is 10.6 Å². The average molecular weight is 333 g/mol. The second-order valence-electron chi connectivity index (χ2n) is 4.09. The van der Waals surface area contributed by atoms with Gasteiger partial charge in [0.15, 0.2) is 0 Å². The van der Waals surface area contributed by atoms with Gasteiger partial charge in [-0.25, -0.2) is 9.18 Å². The number of nitrogens with one attached hydrogen (secondary N) is 2. The first-order valence-electron chi connectivity index (χ1n) is 5.97. The van der Waals surface area contributed by atoms with Crippen molar-refractivity contribution in [2.45, 2.75) is 19.1 Å². The molecule has 0 aliphatic heterocycles. The molecular weight excluding hydrogens is 315 g/mol. The molecular formula is C13H18BrFN2O2. The fourth-order valence-corrected chi connectivity index (χ4v) is 2.04. The molecule has 0 saturated heterocycles. The number of halogens is 2. The van der Waals surface area contributed by atoms with E-state index in [9.17, 15) is 9.18 Å². The lowest BCUT2D eigenvalue weighted by Crippen LogP contribution is -2.44. The minimum absolute atomic E-state index is 0.00842. The second kappa shape index (κ2) is 8.12. The van der Waals surface area contributed by atoms with Crippen LogP contribution >= 0.6 is 15.9 Å². The number of amides is 2. The van der Waals surface area contributed by atoms with Gasteiger partial charge in [0.05, 0.1) is 6.04 Å². The molecule has 1 aromatic carbocycles. The predicted octanol–water partition coefficient (Wildman–Crippen LogP) is 2.79. The lowest BCUT2D eigenvalue weighted by atomic mass is 10.0. The van der Waals surface area contributed by atoms with Crippen molar-refractivity contribution in [3.05, 3.63) is 34.3 Å². The van der Waals surface area contributed by atoms with E-state index in [2.05, 4.69) is 26.6 Å². The molecule has 2 atom stereocenters. The van der Waals surface area contributed by atoms with Crippen LogP contribution in [0.2, 0.25) is 0 Å². The molecule has 106 valence electrons. The first kappa shape index (κ1) is 15.9. The SMILES string of the molecule is CO[C@@H](c1ccc(Br)cc1)[C@H](C)NC(=O)NCCF. The van der Waals surface area contributed by atoms with E-state index >= 15 is 0 Å². The molecule has 0 unspecified atom stereocenters. The summed E-state index contributed by atoms with van der Waals surface area (Å²) < 4.78 is 18.3. The van der Waals surface area contributed by atoms with Crippen LogP contribution in [0.5, 0.6) is 0 Å². The molecule has 1 aromatic rings. The Morgan fingerprint density at radius 3 is 2.58 bits per heavy atom. The predicted molar refractivity (Wildman–Crippen MR) is 75.9 cm³/mol. The molecule has 0 aromatic heterocycles. The van der Waals surface area contributed by atoms with Crippen molar-refractivity contribution >= 4 is 22.0 Å². The Hall–Kier alpha value is -1.14. The van der Waals surface area contributed by atoms with Crippen molar-refractivity contribution in [3.63, 3.8) is 0 Å². The highest BCUT2D eigenvalue weighted by atomic mass is 79.9. The number of alkyl halides is 1. The van der Waals surface area contributed by atoms with Gasteiger partial charge in [0.25, 0.3) is 0 Å². The number of ether oxygens (including phenoxy) is 1. The zero-order valence-electron chi connectivity index (χ0n) is 11.0. The van der Waals surface area contributed by atoms with Gasteiger partial charge < -0.3 is 15.4 Å². The fraction of sp³-hybridized carbons (Fsp3) is 0.462. The van der Waals surface area contributed by atoms with Crippen LogP contribution in [0.25, 0.3) is 0 Å². The highest BCUT2D eigenvalue weighted by molar-refractivity contribution is 9.10. The molecule has 0 aliphatic carbocycles. The Labute approximate surface area is 120 Å². The van der Waals surface area contributed by atoms with Gasteiger partial charge >= 0.3 is 6.03 Å². The number of hydrogen-bond acceptors (Lipinski definition) is 2. The van der Waals surface area contributed by atoms with Gasteiger partial charge in [0.1, 0.15) is 12.8 Å². The summed E-state index contributed by atoms with van der Waals surface area (Å²) in [4.78, 5) is 11.5. The zero-order chi connectivity index (χ0) is 14.3. The summed E-state index contributed by atoms with van der Waals surface area (Å²) in [5, 5.41) is 5.14. The molecule has 2 amide bonds. The van der Waals surface area contributed by atoms with Crippen molar-refractivity contribution in [3.8, 4) is 0 Å². The van der Waals surface area contributed by atoms with E-state index in [1.165, 1.54) is 0 Å². The van der Waals surface area contributed by atoms with Crippen LogP contribution in [0.4, 0.5) is 9.18 Å². The second-order valence-corrected chi connectivity index (χ2v) is 5.00. The van der Waals surface area contributed by atoms with E-state index in [0.717, 1.165) is 10.0 Å². The minimum Gasteiger partial charge on any atom is -0.375 e. The van der Waals surface area contributed by atoms with Crippen molar-refractivity contribution < 1.29 is 13.9 Å². The number of rotatable bonds is 6. The molecule has 0 bridgehead atoms. The maximum atomic E-state index is 11.9. The lowest BCUT2D eigenvalue weighted by Gasteiger charge is -2.24. The van der Waals surface area contributed by atoms with Gasteiger partial charge in [-0.2, -0.15) is 0 Å². The van der Waals surface area contributed by atoms with E-state index in [0.29, 0.717) is 0 Å². The van der Waals surface area contributed by atoms with Crippen molar-refractivity contribution in [1.82, 2.24) is 10.6 Å². The smallest absolute Gasteiger partial charge is 0.315 e. The van der Waals surface area contributed by atoms with Crippen LogP contribution in [-0.2, 0) is 4.74 Å². The Balaban J connectivity index is 2.63. The Bertz CT molecular complexity index is 400. The molecule has 1 rings (SSSR count). The maximum Gasteiger partial charge on any atom is 0.315 e. The summed E-state index contributed by atoms with van der Waals surface area (Å²) in [6.45, 7) is 1.27. The number of methoxy groups -OCH3 is 1. The Morgan fingerprint density at radius 1 is 1.42 bits per heavy atom. The van der Waals surface area contributed by atoms with E-state index in [1.807, 2.05) is 31.2 Å². The van der Waals surface area contributed by atoms with Crippen LogP contribution in [0, 0.1) is 0 Å². The summed E-state index contributed by atoms with van der Waals surface area (Å²) in [5.74, 6) is 0. The van der Waals surface area contributed by atoms with Crippen molar-refractivity contribution in [2.24, 2.45) is 0 Å². The van der Waals surface area contributed by atoms with Crippen LogP contribution in [0.1, 0.15) is 18.6 Å². The van der Waals surface area contributed by atoms with Crippen LogP contribution in [-0.4, -0.2) is 32.4 Å². The molecule has 2 N–H and O–H groups in total. The van der Waals surface area contributed by atoms with Gasteiger partial charge in [-0.3, -0.25) is 0 Å². The minimum atomic E-state index is -0.581. The van der Waals surface area contributed by atoms with E-state index < -0.39 is 12.7 Å². The number of benzene rings is 1. The first-order chi connectivity index (χ1) is 9.08. The fourth-order valence-electron chi connectivity index (χ4n) is 1.78. The summed E-state index contributed by atoms with van der Waals surface area (Å²) >= 11 is 3.37. The lowest BCUT2D eigenvalue weighted by molar-refractivity contribution is 0.0762. The highest BCUT2D eigenvalue weighted by Gasteiger charge is 2.20. The molecule has 4 nitrogen and oxygen atoms in total. The molecule has 0 heterocycles. The van der Waals surface area contributed by atoms with Crippen molar-refractivity contribution in [2.75, 3.05) is 20.3 Å². The third-order valence-electron chi connectivity index (χ3n) is 2.65. The van der Waals surface area contributed by atoms with E-state index in [-0.39, 0.29) is 18.7 Å². The summed E-state index contributed by atoms with van der Waals surface area (Å²) in [6, 6.07) is 7.05. The van der Waals surface area contributed by atoms with Crippen LogP contribution in [0.3, 0.4) is 0 Å². The Kier molecular flexibility index (Phi) is 6.80. The topological polar surface area (TPSA) is 50.4 Å². The van der Waals surface area contributed by atoms with Crippen LogP contribution in [0.15, 0.2) is 28.7 Å². The normalized spacial score (nSPS) is 13.7. The molecule has 0 saturated carbocycles. The summed E-state index contributed by atoms with van der Waals surface area (Å²) in [6.07, 6.45) is -0.260. The van der Waals surface area contributed by atoms with Gasteiger partial charge in [-0.1, -0.05) is 28.1 Å². The van der Waals surface area contributed by atoms with Gasteiger partial charge in [0.2, 0.25) is 0 Å². The van der Waals surface area contributed by atoms with Gasteiger partial charge in [-0.15, -0.1) is 0 Å². The molecule has 0 radical (unpaired) electrons. The highest BCUT2D eigenvalue weighted by Crippen LogP contribution is 2.22. The van der Waals surface area contributed by atoms with Gasteiger partial charge in [0, 0.05) is 18.1 Å². The number of carbonyl (C=O) groups excluding carboxylic acids is 1. The van der Waals surface area contributed by atoms with Gasteiger partial charge in [-0.05, 0) is 24.6 Å². The molecule has 6 heteroatoms. The molecule has 0 fully saturated rings. The third-order valence-corrected chi connectivity index (χ3v) is 3.17. The zero-order valence-corrected chi connectivity index (χ0v) is 12.5. The third kappa shape index (κ3) is 5.16. The van der Waals surface area contributed by atoms with E-state index in [1.54, 1.807) is 7.11 Å². The van der Waals surface area contributed by atoms with Crippen molar-refractivity contribution in [1.29, 1.82) is 0 Å². The first-order valence-corrected chi connectivity index (χ1v) is 6.76. The summed E-state index contributed by atoms with van der Waals surface area (Å²) in [7, 11) is 1.59. The maximum absolute atomic E-state index is 11.9. The quantitative estimate of drug-likeness (QED) is 0.841. The largest absolute Gasteiger partial charge is 0.375 e. The summed E-state index contributed by atoms with van der Waals surface area (Å²) in [5.41, 5.74) is 0.962. The Morgan fingerprint density at radius 2 is 2.05 bits per heavy atom. The standard InChI is InChI=1S/C13H18BrFN2O2/c1-9(17-13(18)16-8-7-15)12(19-2)10-3-5-11(14)6-4-10/h3-6,9,12H,7-8H2,1-2H3,(H2,16,17,18)/t9-,12+/m0/s1. The number of hydrogen-bond donors (Lipinski definition) is 2. The number of carbonyl (C=O) groups is 1. The average Bonchev–Trinajstić information content (AvgIpc) is 2.39. The molecule has 19 heavy (non-hydrogen) atoms. The molecule has 0 spiro atoms. The molecule has 0 aliphatic rings.